The van der Waals surface area contributed by atoms with Crippen molar-refractivity contribution < 1.29 is 13.5 Å². The van der Waals surface area contributed by atoms with Crippen molar-refractivity contribution in [1.29, 1.82) is 0 Å². The molecule has 80 valence electrons. The molecule has 1 aromatic heterocycles. The Morgan fingerprint density at radius 2 is 2.14 bits per heavy atom. The van der Waals surface area contributed by atoms with Crippen LogP contribution in [0.3, 0.4) is 0 Å². The Morgan fingerprint density at radius 3 is 2.50 bits per heavy atom. The maximum atomic E-state index is 10.9. The van der Waals surface area contributed by atoms with Gasteiger partial charge in [0.25, 0.3) is 0 Å². The molecule has 0 fully saturated rings. The summed E-state index contributed by atoms with van der Waals surface area (Å²) in [6, 6.07) is 1.48. The lowest BCUT2D eigenvalue weighted by molar-refractivity contribution is 0.202. The molecule has 0 aliphatic rings. The van der Waals surface area contributed by atoms with E-state index < -0.39 is 15.9 Å². The zero-order chi connectivity index (χ0) is 10.9. The van der Waals surface area contributed by atoms with Crippen LogP contribution in [0.1, 0.15) is 11.7 Å². The Bertz CT molecular complexity index is 424. The number of aliphatic hydroxyl groups is 1. The van der Waals surface area contributed by atoms with Gasteiger partial charge in [0.2, 0.25) is 0 Å². The minimum Gasteiger partial charge on any atom is -0.387 e. The fraction of sp³-hybridized carbons (Fsp3) is 0.429. The van der Waals surface area contributed by atoms with Crippen LogP contribution >= 0.6 is 34.5 Å². The van der Waals surface area contributed by atoms with Gasteiger partial charge in [-0.1, -0.05) is 23.2 Å². The van der Waals surface area contributed by atoms with E-state index in [0.29, 0.717) is 14.2 Å². The molecule has 0 amide bonds. The van der Waals surface area contributed by atoms with E-state index >= 15 is 0 Å². The molecule has 1 atom stereocenters. The Kier molecular flexibility index (Phi) is 3.82. The first-order chi connectivity index (χ1) is 6.29. The fourth-order valence-electron chi connectivity index (χ4n) is 0.957. The van der Waals surface area contributed by atoms with Crippen LogP contribution in [0.5, 0.6) is 0 Å². The molecule has 1 unspecified atom stereocenters. The molecule has 1 heterocycles. The van der Waals surface area contributed by atoms with Crippen molar-refractivity contribution in [1.82, 2.24) is 0 Å². The summed E-state index contributed by atoms with van der Waals surface area (Å²) in [6.45, 7) is 0. The predicted molar refractivity (Wildman–Crippen MR) is 59.0 cm³/mol. The minimum absolute atomic E-state index is 0.325. The molecule has 0 spiro atoms. The Hall–Kier alpha value is 0.190. The topological polar surface area (TPSA) is 54.4 Å². The average molecular weight is 275 g/mol. The van der Waals surface area contributed by atoms with Gasteiger partial charge in [-0.15, -0.1) is 11.3 Å². The molecule has 14 heavy (non-hydrogen) atoms. The quantitative estimate of drug-likeness (QED) is 0.919. The third-order valence-corrected chi connectivity index (χ3v) is 3.94. The Balaban J connectivity index is 2.90. The molecule has 0 saturated carbocycles. The first-order valence-electron chi connectivity index (χ1n) is 3.60. The summed E-state index contributed by atoms with van der Waals surface area (Å²) in [5.74, 6) is -0.347. The van der Waals surface area contributed by atoms with Crippen LogP contribution in [0.2, 0.25) is 8.67 Å². The minimum atomic E-state index is -3.23. The molecule has 1 N–H and O–H groups in total. The van der Waals surface area contributed by atoms with Crippen molar-refractivity contribution in [2.45, 2.75) is 6.10 Å². The lowest BCUT2D eigenvalue weighted by Gasteiger charge is -2.07. The van der Waals surface area contributed by atoms with Gasteiger partial charge in [0.1, 0.15) is 14.2 Å². The second-order valence-corrected chi connectivity index (χ2v) is 7.36. The van der Waals surface area contributed by atoms with Gasteiger partial charge >= 0.3 is 0 Å². The van der Waals surface area contributed by atoms with Crippen LogP contribution in [-0.4, -0.2) is 25.5 Å². The van der Waals surface area contributed by atoms with E-state index in [1.165, 1.54) is 6.07 Å². The standard InChI is InChI=1S/C7H8Cl2O3S2/c1-14(11,12)3-5(10)4-2-6(8)13-7(4)9/h2,5,10H,3H2,1H3. The second kappa shape index (κ2) is 4.37. The highest BCUT2D eigenvalue weighted by Crippen LogP contribution is 2.35. The summed E-state index contributed by atoms with van der Waals surface area (Å²) in [4.78, 5) is 0. The highest BCUT2D eigenvalue weighted by molar-refractivity contribution is 7.90. The Morgan fingerprint density at radius 1 is 1.57 bits per heavy atom. The molecule has 0 aromatic carbocycles. The normalized spacial score (nSPS) is 14.3. The molecular weight excluding hydrogens is 267 g/mol. The number of aliphatic hydroxyl groups excluding tert-OH is 1. The second-order valence-electron chi connectivity index (χ2n) is 2.89. The van der Waals surface area contributed by atoms with E-state index in [9.17, 15) is 13.5 Å². The fourth-order valence-corrected chi connectivity index (χ4v) is 3.28. The van der Waals surface area contributed by atoms with Crippen LogP contribution in [0.4, 0.5) is 0 Å². The Labute approximate surface area is 96.2 Å². The van der Waals surface area contributed by atoms with Gasteiger partial charge in [-0.05, 0) is 6.07 Å². The van der Waals surface area contributed by atoms with E-state index in [1.807, 2.05) is 0 Å². The van der Waals surface area contributed by atoms with Crippen LogP contribution in [-0.2, 0) is 9.84 Å². The third kappa shape index (κ3) is 3.40. The van der Waals surface area contributed by atoms with Gasteiger partial charge in [0.05, 0.1) is 16.2 Å². The molecule has 3 nitrogen and oxygen atoms in total. The summed E-state index contributed by atoms with van der Waals surface area (Å²) in [7, 11) is -3.23. The molecule has 7 heteroatoms. The largest absolute Gasteiger partial charge is 0.387 e. The van der Waals surface area contributed by atoms with Crippen molar-refractivity contribution in [2.75, 3.05) is 12.0 Å². The third-order valence-electron chi connectivity index (χ3n) is 1.50. The zero-order valence-corrected chi connectivity index (χ0v) is 10.3. The number of halogens is 2. The van der Waals surface area contributed by atoms with Crippen LogP contribution in [0.25, 0.3) is 0 Å². The van der Waals surface area contributed by atoms with Gasteiger partial charge < -0.3 is 5.11 Å². The number of rotatable bonds is 3. The molecule has 0 aliphatic carbocycles. The van der Waals surface area contributed by atoms with Crippen molar-refractivity contribution in [3.63, 3.8) is 0 Å². The van der Waals surface area contributed by atoms with Crippen LogP contribution in [0.15, 0.2) is 6.07 Å². The van der Waals surface area contributed by atoms with Gasteiger partial charge in [-0.25, -0.2) is 8.42 Å². The summed E-state index contributed by atoms with van der Waals surface area (Å²) in [6.07, 6.45) is -0.0563. The SMILES string of the molecule is CS(=O)(=O)CC(O)c1cc(Cl)sc1Cl. The molecule has 1 rings (SSSR count). The van der Waals surface area contributed by atoms with Crippen LogP contribution in [0, 0.1) is 0 Å². The van der Waals surface area contributed by atoms with E-state index in [4.69, 9.17) is 23.2 Å². The average Bonchev–Trinajstić information content (AvgIpc) is 2.26. The van der Waals surface area contributed by atoms with Gasteiger partial charge in [0.15, 0.2) is 0 Å². The van der Waals surface area contributed by atoms with Crippen molar-refractivity contribution in [3.8, 4) is 0 Å². The number of thiophene rings is 1. The van der Waals surface area contributed by atoms with E-state index in [0.717, 1.165) is 17.6 Å². The highest BCUT2D eigenvalue weighted by Gasteiger charge is 2.19. The maximum absolute atomic E-state index is 10.9. The molecule has 0 aliphatic heterocycles. The summed E-state index contributed by atoms with van der Waals surface area (Å²) < 4.78 is 22.6. The predicted octanol–water partition coefficient (Wildman–Crippen LogP) is 2.13. The van der Waals surface area contributed by atoms with Crippen molar-refractivity contribution in [2.24, 2.45) is 0 Å². The van der Waals surface area contributed by atoms with Crippen molar-refractivity contribution in [3.05, 3.63) is 20.3 Å². The summed E-state index contributed by atoms with van der Waals surface area (Å²) in [5, 5.41) is 9.53. The van der Waals surface area contributed by atoms with Crippen LogP contribution < -0.4 is 0 Å². The van der Waals surface area contributed by atoms with Gasteiger partial charge in [-0.2, -0.15) is 0 Å². The zero-order valence-electron chi connectivity index (χ0n) is 7.20. The number of sulfone groups is 1. The molecule has 0 bridgehead atoms. The molecule has 0 radical (unpaired) electrons. The summed E-state index contributed by atoms with van der Waals surface area (Å²) in [5.41, 5.74) is 0.368. The van der Waals surface area contributed by atoms with E-state index in [1.54, 1.807) is 0 Å². The first kappa shape index (κ1) is 12.3. The molecule has 1 aromatic rings. The highest BCUT2D eigenvalue weighted by atomic mass is 35.5. The van der Waals surface area contributed by atoms with E-state index in [-0.39, 0.29) is 5.75 Å². The monoisotopic (exact) mass is 274 g/mol. The van der Waals surface area contributed by atoms with Gasteiger partial charge in [-0.3, -0.25) is 0 Å². The first-order valence-corrected chi connectivity index (χ1v) is 7.23. The molecular formula is C7H8Cl2O3S2. The lowest BCUT2D eigenvalue weighted by atomic mass is 10.2. The lowest BCUT2D eigenvalue weighted by Crippen LogP contribution is -2.12. The number of hydrogen-bond acceptors (Lipinski definition) is 4. The van der Waals surface area contributed by atoms with E-state index in [2.05, 4.69) is 0 Å². The molecule has 0 saturated heterocycles. The smallest absolute Gasteiger partial charge is 0.150 e. The summed E-state index contributed by atoms with van der Waals surface area (Å²) >= 11 is 12.5. The number of hydrogen-bond donors (Lipinski definition) is 1. The van der Waals surface area contributed by atoms with Gasteiger partial charge in [0, 0.05) is 11.8 Å². The maximum Gasteiger partial charge on any atom is 0.150 e. The van der Waals surface area contributed by atoms with Crippen molar-refractivity contribution >= 4 is 44.4 Å².